The Balaban J connectivity index is 2.49. The normalized spacial score (nSPS) is 17.9. The molecule has 1 atom stereocenters. The number of aldehydes is 1. The number of amides is 2. The molecule has 0 aromatic heterocycles. The molecule has 1 aliphatic heterocycles. The van der Waals surface area contributed by atoms with Gasteiger partial charge in [0.2, 0.25) is 0 Å². The summed E-state index contributed by atoms with van der Waals surface area (Å²) in [5, 5.41) is 12.0. The maximum absolute atomic E-state index is 11.8. The fourth-order valence-corrected chi connectivity index (χ4v) is 2.26. The Morgan fingerprint density at radius 3 is 2.30 bits per heavy atom. The van der Waals surface area contributed by atoms with E-state index >= 15 is 0 Å². The van der Waals surface area contributed by atoms with E-state index in [0.717, 1.165) is 6.29 Å². The van der Waals surface area contributed by atoms with E-state index in [1.165, 1.54) is 0 Å². The number of hydrogen-bond donors (Lipinski definition) is 2. The van der Waals surface area contributed by atoms with Crippen LogP contribution in [0.25, 0.3) is 0 Å². The van der Waals surface area contributed by atoms with Crippen molar-refractivity contribution in [3.63, 3.8) is 0 Å². The number of carbonyl (C=O) groups is 3. The summed E-state index contributed by atoms with van der Waals surface area (Å²) in [6.07, 6.45) is 1.30. The molecule has 2 N–H and O–H groups in total. The van der Waals surface area contributed by atoms with E-state index in [2.05, 4.69) is 5.32 Å². The second kappa shape index (κ2) is 7.84. The average Bonchev–Trinajstić information content (AvgIpc) is 2.38. The first-order valence-corrected chi connectivity index (χ1v) is 6.91. The van der Waals surface area contributed by atoms with Crippen molar-refractivity contribution in [1.82, 2.24) is 15.1 Å². The number of piperazine rings is 1. The molecule has 2 amide bonds. The highest BCUT2D eigenvalue weighted by atomic mass is 16.4. The summed E-state index contributed by atoms with van der Waals surface area (Å²) < 4.78 is 0. The quantitative estimate of drug-likeness (QED) is 0.678. The predicted molar refractivity (Wildman–Crippen MR) is 73.5 cm³/mol. The number of carbonyl (C=O) groups excluding carboxylic acids is 2. The number of rotatable bonds is 6. The van der Waals surface area contributed by atoms with E-state index in [1.54, 1.807) is 4.90 Å². The van der Waals surface area contributed by atoms with Gasteiger partial charge in [0, 0.05) is 38.6 Å². The van der Waals surface area contributed by atoms with Crippen LogP contribution in [0.1, 0.15) is 26.7 Å². The molecule has 0 radical (unpaired) electrons. The highest BCUT2D eigenvalue weighted by molar-refractivity contribution is 5.75. The highest BCUT2D eigenvalue weighted by Crippen LogP contribution is 2.11. The number of nitrogens with zero attached hydrogens (tertiary/aromatic N) is 2. The summed E-state index contributed by atoms with van der Waals surface area (Å²) in [5.41, 5.74) is 0. The number of carboxylic acid groups (broad SMARTS) is 1. The highest BCUT2D eigenvalue weighted by Gasteiger charge is 2.29. The Kier molecular flexibility index (Phi) is 6.44. The van der Waals surface area contributed by atoms with E-state index in [0.29, 0.717) is 32.6 Å². The molecule has 0 aromatic rings. The minimum Gasteiger partial charge on any atom is -0.480 e. The first kappa shape index (κ1) is 16.4. The van der Waals surface area contributed by atoms with Gasteiger partial charge in [0.15, 0.2) is 0 Å². The predicted octanol–water partition coefficient (Wildman–Crippen LogP) is 0.154. The molecule has 0 bridgehead atoms. The fraction of sp³-hybridized carbons (Fsp3) is 0.769. The molecule has 7 heteroatoms. The molecule has 1 unspecified atom stereocenters. The zero-order valence-electron chi connectivity index (χ0n) is 12.0. The number of urea groups is 1. The maximum Gasteiger partial charge on any atom is 0.320 e. The van der Waals surface area contributed by atoms with E-state index in [1.807, 2.05) is 18.7 Å². The first-order chi connectivity index (χ1) is 9.45. The molecule has 114 valence electrons. The number of hydrogen-bond acceptors (Lipinski definition) is 4. The lowest BCUT2D eigenvalue weighted by atomic mass is 10.1. The Labute approximate surface area is 118 Å². The molecule has 1 aliphatic rings. The molecule has 0 spiro atoms. The lowest BCUT2D eigenvalue weighted by Crippen LogP contribution is -2.56. The van der Waals surface area contributed by atoms with Crippen LogP contribution in [0.4, 0.5) is 4.79 Å². The fourth-order valence-electron chi connectivity index (χ4n) is 2.26. The summed E-state index contributed by atoms with van der Waals surface area (Å²) in [5.74, 6) is -0.910. The van der Waals surface area contributed by atoms with Gasteiger partial charge in [-0.05, 0) is 20.3 Å². The van der Waals surface area contributed by atoms with Gasteiger partial charge in [0.25, 0.3) is 0 Å². The van der Waals surface area contributed by atoms with Crippen molar-refractivity contribution in [2.75, 3.05) is 26.2 Å². The van der Waals surface area contributed by atoms with Crippen LogP contribution in [0.5, 0.6) is 0 Å². The topological polar surface area (TPSA) is 90.0 Å². The van der Waals surface area contributed by atoms with E-state index in [9.17, 15) is 19.5 Å². The monoisotopic (exact) mass is 285 g/mol. The Bertz CT molecular complexity index is 352. The van der Waals surface area contributed by atoms with Gasteiger partial charge in [0.05, 0.1) is 0 Å². The van der Waals surface area contributed by atoms with Gasteiger partial charge in [-0.15, -0.1) is 0 Å². The molecule has 0 saturated carbocycles. The SMILES string of the molecule is CC(C)NC(=O)N1CCN(C(CCC=O)C(=O)O)CC1. The Morgan fingerprint density at radius 1 is 1.25 bits per heavy atom. The van der Waals surface area contributed by atoms with Crippen LogP contribution in [-0.2, 0) is 9.59 Å². The van der Waals surface area contributed by atoms with Gasteiger partial charge in [-0.3, -0.25) is 9.69 Å². The summed E-state index contributed by atoms with van der Waals surface area (Å²) >= 11 is 0. The van der Waals surface area contributed by atoms with E-state index in [-0.39, 0.29) is 18.5 Å². The minimum absolute atomic E-state index is 0.0832. The molecule has 0 aromatic carbocycles. The van der Waals surface area contributed by atoms with Crippen molar-refractivity contribution < 1.29 is 19.5 Å². The smallest absolute Gasteiger partial charge is 0.320 e. The number of aliphatic carboxylic acids is 1. The van der Waals surface area contributed by atoms with Crippen molar-refractivity contribution in [3.8, 4) is 0 Å². The molecular formula is C13H23N3O4. The van der Waals surface area contributed by atoms with Crippen LogP contribution in [0.3, 0.4) is 0 Å². The number of nitrogens with one attached hydrogen (secondary N) is 1. The summed E-state index contributed by atoms with van der Waals surface area (Å²) in [6.45, 7) is 5.83. The van der Waals surface area contributed by atoms with Gasteiger partial charge >= 0.3 is 12.0 Å². The van der Waals surface area contributed by atoms with Crippen LogP contribution in [0.15, 0.2) is 0 Å². The molecule has 7 nitrogen and oxygen atoms in total. The van der Waals surface area contributed by atoms with Crippen LogP contribution < -0.4 is 5.32 Å². The van der Waals surface area contributed by atoms with E-state index < -0.39 is 12.0 Å². The van der Waals surface area contributed by atoms with Gasteiger partial charge in [-0.25, -0.2) is 4.79 Å². The molecule has 1 saturated heterocycles. The van der Waals surface area contributed by atoms with Crippen LogP contribution in [0, 0.1) is 0 Å². The summed E-state index contributed by atoms with van der Waals surface area (Å²) in [4.78, 5) is 36.9. The third-order valence-electron chi connectivity index (χ3n) is 3.30. The molecule has 1 heterocycles. The Hall–Kier alpha value is -1.63. The summed E-state index contributed by atoms with van der Waals surface area (Å²) in [6, 6.07) is -0.671. The maximum atomic E-state index is 11.8. The van der Waals surface area contributed by atoms with Crippen molar-refractivity contribution in [2.24, 2.45) is 0 Å². The number of carboxylic acids is 1. The van der Waals surface area contributed by atoms with Crippen molar-refractivity contribution >= 4 is 18.3 Å². The van der Waals surface area contributed by atoms with Crippen LogP contribution in [0.2, 0.25) is 0 Å². The van der Waals surface area contributed by atoms with Gasteiger partial charge < -0.3 is 20.1 Å². The molecule has 1 rings (SSSR count). The van der Waals surface area contributed by atoms with Gasteiger partial charge in [-0.1, -0.05) is 0 Å². The standard InChI is InChI=1S/C13H23N3O4/c1-10(2)14-13(20)16-7-5-15(6-8-16)11(12(18)19)4-3-9-17/h9-11H,3-8H2,1-2H3,(H,14,20)(H,18,19). The Morgan fingerprint density at radius 2 is 1.85 bits per heavy atom. The summed E-state index contributed by atoms with van der Waals surface area (Å²) in [7, 11) is 0. The zero-order valence-corrected chi connectivity index (χ0v) is 12.0. The third kappa shape index (κ3) is 4.80. The second-order valence-corrected chi connectivity index (χ2v) is 5.23. The molecule has 1 fully saturated rings. The first-order valence-electron chi connectivity index (χ1n) is 6.91. The lowest BCUT2D eigenvalue weighted by Gasteiger charge is -2.37. The van der Waals surface area contributed by atoms with E-state index in [4.69, 9.17) is 0 Å². The van der Waals surface area contributed by atoms with Crippen LogP contribution in [-0.4, -0.2) is 71.5 Å². The molecule has 0 aliphatic carbocycles. The largest absolute Gasteiger partial charge is 0.480 e. The van der Waals surface area contributed by atoms with Crippen LogP contribution >= 0.6 is 0 Å². The zero-order chi connectivity index (χ0) is 15.1. The third-order valence-corrected chi connectivity index (χ3v) is 3.30. The van der Waals surface area contributed by atoms with Crippen molar-refractivity contribution in [2.45, 2.75) is 38.8 Å². The van der Waals surface area contributed by atoms with Gasteiger partial charge in [0.1, 0.15) is 12.3 Å². The van der Waals surface area contributed by atoms with Crippen molar-refractivity contribution in [1.29, 1.82) is 0 Å². The van der Waals surface area contributed by atoms with Gasteiger partial charge in [-0.2, -0.15) is 0 Å². The average molecular weight is 285 g/mol. The minimum atomic E-state index is -0.910. The second-order valence-electron chi connectivity index (χ2n) is 5.23. The van der Waals surface area contributed by atoms with Crippen molar-refractivity contribution in [3.05, 3.63) is 0 Å². The molecular weight excluding hydrogens is 262 g/mol. The lowest BCUT2D eigenvalue weighted by molar-refractivity contribution is -0.144. The molecule has 20 heavy (non-hydrogen) atoms.